The normalized spacial score (nSPS) is 11.8. The lowest BCUT2D eigenvalue weighted by Gasteiger charge is -2.15. The van der Waals surface area contributed by atoms with Crippen LogP contribution >= 0.6 is 0 Å². The van der Waals surface area contributed by atoms with E-state index in [0.29, 0.717) is 51.1 Å². The van der Waals surface area contributed by atoms with Crippen molar-refractivity contribution in [1.29, 1.82) is 0 Å². The molecular weight excluding hydrogens is 420 g/mol. The molecule has 0 spiro atoms. The first kappa shape index (κ1) is 23.3. The Kier molecular flexibility index (Phi) is 8.33. The molecule has 6 heteroatoms. The number of aliphatic hydroxyl groups excluding tert-OH is 2. The lowest BCUT2D eigenvalue weighted by Crippen LogP contribution is -2.10. The van der Waals surface area contributed by atoms with Gasteiger partial charge in [-0.05, 0) is 51.9 Å². The Balaban J connectivity index is 1.58. The number of ether oxygens (including phenoxy) is 4. The third kappa shape index (κ3) is 5.92. The van der Waals surface area contributed by atoms with Gasteiger partial charge in [0.25, 0.3) is 0 Å². The van der Waals surface area contributed by atoms with E-state index in [1.807, 2.05) is 18.2 Å². The maximum Gasteiger partial charge on any atom is 0.123 e. The number of rotatable bonds is 13. The standard InChI is InChI=1S/C27H30O6/c28-8-10-30-12-14-32-22-16-21(17-23(19-22)33-15-13-31-11-9-29)25-6-3-7-26-24-5-2-1-4-20(24)18-27(25)26/h1-7,16-17,19,28-29H,8-15,18H2. The summed E-state index contributed by atoms with van der Waals surface area (Å²) in [6.45, 7) is 2.12. The van der Waals surface area contributed by atoms with E-state index in [4.69, 9.17) is 29.2 Å². The predicted molar refractivity (Wildman–Crippen MR) is 127 cm³/mol. The molecule has 0 saturated carbocycles. The van der Waals surface area contributed by atoms with Gasteiger partial charge in [0.2, 0.25) is 0 Å². The van der Waals surface area contributed by atoms with E-state index in [1.165, 1.54) is 22.3 Å². The van der Waals surface area contributed by atoms with E-state index in [0.717, 1.165) is 17.5 Å². The molecule has 2 N–H and O–H groups in total. The van der Waals surface area contributed by atoms with Gasteiger partial charge in [0.15, 0.2) is 0 Å². The summed E-state index contributed by atoms with van der Waals surface area (Å²) in [6, 6.07) is 20.9. The summed E-state index contributed by atoms with van der Waals surface area (Å²) in [5.74, 6) is 1.39. The molecule has 4 rings (SSSR count). The molecular formula is C27H30O6. The minimum Gasteiger partial charge on any atom is -0.491 e. The van der Waals surface area contributed by atoms with E-state index < -0.39 is 0 Å². The summed E-state index contributed by atoms with van der Waals surface area (Å²) >= 11 is 0. The van der Waals surface area contributed by atoms with E-state index in [9.17, 15) is 0 Å². The SMILES string of the molecule is OCCOCCOc1cc(OCCOCCO)cc(-c2cccc3c2Cc2ccccc2-3)c1. The van der Waals surface area contributed by atoms with E-state index in [2.05, 4.69) is 42.5 Å². The van der Waals surface area contributed by atoms with Crippen molar-refractivity contribution in [1.82, 2.24) is 0 Å². The second-order valence-electron chi connectivity index (χ2n) is 7.73. The van der Waals surface area contributed by atoms with Gasteiger partial charge in [0.1, 0.15) is 24.7 Å². The minimum absolute atomic E-state index is 0.00662. The van der Waals surface area contributed by atoms with E-state index in [-0.39, 0.29) is 13.2 Å². The number of hydrogen-bond acceptors (Lipinski definition) is 6. The smallest absolute Gasteiger partial charge is 0.123 e. The van der Waals surface area contributed by atoms with Gasteiger partial charge in [-0.25, -0.2) is 0 Å². The van der Waals surface area contributed by atoms with E-state index in [1.54, 1.807) is 0 Å². The zero-order valence-corrected chi connectivity index (χ0v) is 18.7. The zero-order chi connectivity index (χ0) is 22.9. The quantitative estimate of drug-likeness (QED) is 0.303. The fourth-order valence-corrected chi connectivity index (χ4v) is 4.09. The molecule has 3 aromatic carbocycles. The highest BCUT2D eigenvalue weighted by Gasteiger charge is 2.21. The highest BCUT2D eigenvalue weighted by atomic mass is 16.5. The first-order valence-electron chi connectivity index (χ1n) is 11.3. The van der Waals surface area contributed by atoms with Crippen molar-refractivity contribution in [2.24, 2.45) is 0 Å². The highest BCUT2D eigenvalue weighted by molar-refractivity contribution is 5.85. The van der Waals surface area contributed by atoms with Gasteiger partial charge in [-0.1, -0.05) is 42.5 Å². The van der Waals surface area contributed by atoms with Crippen molar-refractivity contribution in [3.8, 4) is 33.8 Å². The summed E-state index contributed by atoms with van der Waals surface area (Å²) in [7, 11) is 0. The largest absolute Gasteiger partial charge is 0.491 e. The fourth-order valence-electron chi connectivity index (χ4n) is 4.09. The Morgan fingerprint density at radius 3 is 1.88 bits per heavy atom. The lowest BCUT2D eigenvalue weighted by molar-refractivity contribution is 0.0689. The van der Waals surface area contributed by atoms with Crippen molar-refractivity contribution in [2.45, 2.75) is 6.42 Å². The Labute approximate surface area is 194 Å². The van der Waals surface area contributed by atoms with Crippen molar-refractivity contribution in [2.75, 3.05) is 52.9 Å². The number of benzene rings is 3. The van der Waals surface area contributed by atoms with Gasteiger partial charge in [-0.3, -0.25) is 0 Å². The van der Waals surface area contributed by atoms with Crippen LogP contribution in [-0.2, 0) is 15.9 Å². The first-order chi connectivity index (χ1) is 16.3. The Morgan fingerprint density at radius 2 is 1.21 bits per heavy atom. The summed E-state index contributed by atoms with van der Waals surface area (Å²) in [4.78, 5) is 0. The van der Waals surface area contributed by atoms with Crippen molar-refractivity contribution in [3.63, 3.8) is 0 Å². The van der Waals surface area contributed by atoms with Gasteiger partial charge >= 0.3 is 0 Å². The van der Waals surface area contributed by atoms with Crippen LogP contribution in [0.25, 0.3) is 22.3 Å². The number of fused-ring (bicyclic) bond motifs is 3. The highest BCUT2D eigenvalue weighted by Crippen LogP contribution is 2.42. The van der Waals surface area contributed by atoms with Crippen molar-refractivity contribution < 1.29 is 29.2 Å². The van der Waals surface area contributed by atoms with E-state index >= 15 is 0 Å². The summed E-state index contributed by atoms with van der Waals surface area (Å²) < 4.78 is 22.5. The third-order valence-corrected chi connectivity index (χ3v) is 5.51. The average Bonchev–Trinajstić information content (AvgIpc) is 3.22. The molecule has 0 aliphatic heterocycles. The van der Waals surface area contributed by atoms with Crippen LogP contribution in [-0.4, -0.2) is 63.1 Å². The van der Waals surface area contributed by atoms with Crippen LogP contribution in [0.5, 0.6) is 11.5 Å². The molecule has 0 saturated heterocycles. The molecule has 174 valence electrons. The van der Waals surface area contributed by atoms with Crippen LogP contribution in [0.2, 0.25) is 0 Å². The molecule has 0 bridgehead atoms. The molecule has 1 aliphatic rings. The number of hydrogen-bond donors (Lipinski definition) is 2. The predicted octanol–water partition coefficient (Wildman–Crippen LogP) is 3.70. The monoisotopic (exact) mass is 450 g/mol. The van der Waals surface area contributed by atoms with Gasteiger partial charge in [0.05, 0.1) is 39.6 Å². The second-order valence-corrected chi connectivity index (χ2v) is 7.73. The maximum absolute atomic E-state index is 8.85. The van der Waals surface area contributed by atoms with Gasteiger partial charge in [-0.2, -0.15) is 0 Å². The van der Waals surface area contributed by atoms with Crippen molar-refractivity contribution >= 4 is 0 Å². The van der Waals surface area contributed by atoms with Crippen LogP contribution in [0.3, 0.4) is 0 Å². The molecule has 0 aromatic heterocycles. The Hall–Kier alpha value is -2.90. The topological polar surface area (TPSA) is 77.4 Å². The Morgan fingerprint density at radius 1 is 0.606 bits per heavy atom. The first-order valence-corrected chi connectivity index (χ1v) is 11.3. The summed E-state index contributed by atoms with van der Waals surface area (Å²) in [6.07, 6.45) is 0.896. The van der Waals surface area contributed by atoms with Crippen LogP contribution in [0.1, 0.15) is 11.1 Å². The molecule has 0 amide bonds. The second kappa shape index (κ2) is 11.8. The molecule has 6 nitrogen and oxygen atoms in total. The molecule has 3 aromatic rings. The summed E-state index contributed by atoms with van der Waals surface area (Å²) in [5.41, 5.74) is 7.39. The van der Waals surface area contributed by atoms with Crippen LogP contribution in [0.15, 0.2) is 60.7 Å². The van der Waals surface area contributed by atoms with Crippen LogP contribution in [0, 0.1) is 0 Å². The molecule has 33 heavy (non-hydrogen) atoms. The average molecular weight is 451 g/mol. The van der Waals surface area contributed by atoms with Crippen molar-refractivity contribution in [3.05, 3.63) is 71.8 Å². The van der Waals surface area contributed by atoms with Gasteiger partial charge in [0, 0.05) is 6.07 Å². The lowest BCUT2D eigenvalue weighted by atomic mass is 9.95. The summed E-state index contributed by atoms with van der Waals surface area (Å²) in [5, 5.41) is 17.7. The van der Waals surface area contributed by atoms with Crippen LogP contribution < -0.4 is 9.47 Å². The minimum atomic E-state index is -0.00662. The zero-order valence-electron chi connectivity index (χ0n) is 18.7. The van der Waals surface area contributed by atoms with Gasteiger partial charge < -0.3 is 29.2 Å². The molecule has 1 aliphatic carbocycles. The van der Waals surface area contributed by atoms with Crippen LogP contribution in [0.4, 0.5) is 0 Å². The molecule has 0 heterocycles. The molecule has 0 fully saturated rings. The molecule has 0 unspecified atom stereocenters. The third-order valence-electron chi connectivity index (χ3n) is 5.51. The number of aliphatic hydroxyl groups is 2. The fraction of sp³-hybridized carbons (Fsp3) is 0.333. The van der Waals surface area contributed by atoms with Gasteiger partial charge in [-0.15, -0.1) is 0 Å². The molecule has 0 radical (unpaired) electrons. The Bertz CT molecular complexity index is 1020. The maximum atomic E-state index is 8.85. The molecule has 0 atom stereocenters.